The Morgan fingerprint density at radius 3 is 2.83 bits per heavy atom. The van der Waals surface area contributed by atoms with Gasteiger partial charge in [0.05, 0.1) is 19.3 Å². The summed E-state index contributed by atoms with van der Waals surface area (Å²) in [5, 5.41) is 0. The molecule has 2 saturated heterocycles. The molecule has 0 spiro atoms. The molecule has 2 bridgehead atoms. The molecule has 4 aliphatic rings. The van der Waals surface area contributed by atoms with E-state index in [9.17, 15) is 4.79 Å². The largest absolute Gasteiger partial charge is 0.464 e. The van der Waals surface area contributed by atoms with E-state index in [1.807, 2.05) is 19.9 Å². The summed E-state index contributed by atoms with van der Waals surface area (Å²) in [7, 11) is 0. The van der Waals surface area contributed by atoms with Crippen LogP contribution in [0.4, 0.5) is 0 Å². The quantitative estimate of drug-likeness (QED) is 0.544. The number of carbonyl (C=O) groups excluding carboxylic acids is 1. The van der Waals surface area contributed by atoms with Crippen LogP contribution in [0.15, 0.2) is 12.2 Å². The second kappa shape index (κ2) is 3.79. The molecule has 4 rings (SSSR count). The Hall–Kier alpha value is -0.910. The van der Waals surface area contributed by atoms with E-state index in [4.69, 9.17) is 18.9 Å². The van der Waals surface area contributed by atoms with Crippen LogP contribution in [-0.2, 0) is 23.7 Å². The van der Waals surface area contributed by atoms with E-state index in [2.05, 4.69) is 0 Å². The lowest BCUT2D eigenvalue weighted by molar-refractivity contribution is -0.204. The lowest BCUT2D eigenvalue weighted by Gasteiger charge is -2.45. The van der Waals surface area contributed by atoms with Crippen molar-refractivity contribution in [2.75, 3.05) is 13.2 Å². The molecule has 5 heteroatoms. The van der Waals surface area contributed by atoms with Crippen LogP contribution in [0.5, 0.6) is 0 Å². The van der Waals surface area contributed by atoms with Crippen molar-refractivity contribution in [3.8, 4) is 0 Å². The smallest absolute Gasteiger partial charge is 0.345 e. The van der Waals surface area contributed by atoms with Crippen molar-refractivity contribution in [1.29, 1.82) is 0 Å². The van der Waals surface area contributed by atoms with Gasteiger partial charge in [-0.05, 0) is 26.8 Å². The molecule has 18 heavy (non-hydrogen) atoms. The Morgan fingerprint density at radius 2 is 2.22 bits per heavy atom. The second-order valence-corrected chi connectivity index (χ2v) is 5.37. The van der Waals surface area contributed by atoms with Gasteiger partial charge >= 0.3 is 5.97 Å². The minimum atomic E-state index is -1.14. The van der Waals surface area contributed by atoms with Crippen LogP contribution < -0.4 is 0 Å². The van der Waals surface area contributed by atoms with Gasteiger partial charge in [-0.3, -0.25) is 0 Å². The van der Waals surface area contributed by atoms with E-state index in [-0.39, 0.29) is 12.0 Å². The van der Waals surface area contributed by atoms with Crippen LogP contribution in [0.25, 0.3) is 0 Å². The first kappa shape index (κ1) is 12.1. The normalized spacial score (nSPS) is 43.8. The first-order chi connectivity index (χ1) is 8.48. The lowest BCUT2D eigenvalue weighted by atomic mass is 9.77. The average molecular weight is 254 g/mol. The van der Waals surface area contributed by atoms with Crippen molar-refractivity contribution < 1.29 is 23.7 Å². The van der Waals surface area contributed by atoms with Crippen molar-refractivity contribution in [3.63, 3.8) is 0 Å². The molecule has 3 heterocycles. The highest BCUT2D eigenvalue weighted by Crippen LogP contribution is 2.47. The number of hydrogen-bond donors (Lipinski definition) is 0. The van der Waals surface area contributed by atoms with Crippen LogP contribution in [0.1, 0.15) is 20.8 Å². The maximum Gasteiger partial charge on any atom is 0.345 e. The predicted octanol–water partition coefficient (Wildman–Crippen LogP) is 1.02. The zero-order valence-corrected chi connectivity index (χ0v) is 10.8. The van der Waals surface area contributed by atoms with Crippen molar-refractivity contribution in [3.05, 3.63) is 12.2 Å². The number of rotatable bonds is 2. The summed E-state index contributed by atoms with van der Waals surface area (Å²) in [6, 6.07) is 0. The van der Waals surface area contributed by atoms with Crippen molar-refractivity contribution >= 4 is 5.97 Å². The molecule has 0 saturated carbocycles. The van der Waals surface area contributed by atoms with Crippen molar-refractivity contribution in [1.82, 2.24) is 0 Å². The van der Waals surface area contributed by atoms with Crippen LogP contribution in [0.3, 0.4) is 0 Å². The Labute approximate surface area is 106 Å². The SMILES string of the molecule is CCOC(=O)C12C=C[C@H](CO1)[C@@H]1OC(C)(C)O[C@@H]12. The highest BCUT2D eigenvalue weighted by atomic mass is 16.8. The van der Waals surface area contributed by atoms with Gasteiger partial charge in [0.25, 0.3) is 0 Å². The summed E-state index contributed by atoms with van der Waals surface area (Å²) < 4.78 is 22.6. The fraction of sp³-hybridized carbons (Fsp3) is 0.769. The fourth-order valence-corrected chi connectivity index (χ4v) is 2.91. The number of hydrogen-bond acceptors (Lipinski definition) is 5. The van der Waals surface area contributed by atoms with Crippen molar-refractivity contribution in [2.45, 2.75) is 44.4 Å². The van der Waals surface area contributed by atoms with Gasteiger partial charge in [0, 0.05) is 5.92 Å². The summed E-state index contributed by atoms with van der Waals surface area (Å²) in [6.45, 7) is 6.27. The summed E-state index contributed by atoms with van der Waals surface area (Å²) in [6.07, 6.45) is 3.19. The number of fused-ring (bicyclic) bond motifs is 1. The Bertz CT molecular complexity index is 402. The van der Waals surface area contributed by atoms with E-state index >= 15 is 0 Å². The average Bonchev–Trinajstić information content (AvgIpc) is 2.67. The molecule has 0 aromatic heterocycles. The molecule has 1 aliphatic carbocycles. The first-order valence-electron chi connectivity index (χ1n) is 6.35. The maximum atomic E-state index is 12.2. The molecule has 0 radical (unpaired) electrons. The fourth-order valence-electron chi connectivity index (χ4n) is 2.91. The highest BCUT2D eigenvalue weighted by molar-refractivity contribution is 5.84. The highest BCUT2D eigenvalue weighted by Gasteiger charge is 2.64. The zero-order chi connectivity index (χ0) is 13.0. The van der Waals surface area contributed by atoms with Gasteiger partial charge in [0.2, 0.25) is 5.60 Å². The van der Waals surface area contributed by atoms with Gasteiger partial charge in [-0.2, -0.15) is 0 Å². The van der Waals surface area contributed by atoms with E-state index < -0.39 is 23.5 Å². The van der Waals surface area contributed by atoms with Crippen LogP contribution >= 0.6 is 0 Å². The third-order valence-corrected chi connectivity index (χ3v) is 3.67. The number of carbonyl (C=O) groups is 1. The Morgan fingerprint density at radius 1 is 1.44 bits per heavy atom. The molecular formula is C13H18O5. The molecule has 1 unspecified atom stereocenters. The maximum absolute atomic E-state index is 12.2. The van der Waals surface area contributed by atoms with Gasteiger partial charge < -0.3 is 18.9 Å². The van der Waals surface area contributed by atoms with Gasteiger partial charge in [-0.25, -0.2) is 4.79 Å². The van der Waals surface area contributed by atoms with Crippen LogP contribution in [0.2, 0.25) is 0 Å². The molecule has 0 aromatic carbocycles. The topological polar surface area (TPSA) is 54.0 Å². The molecule has 100 valence electrons. The van der Waals surface area contributed by atoms with E-state index in [0.29, 0.717) is 13.2 Å². The van der Waals surface area contributed by atoms with Gasteiger partial charge in [0.1, 0.15) is 6.10 Å². The van der Waals surface area contributed by atoms with E-state index in [1.165, 1.54) is 0 Å². The summed E-state index contributed by atoms with van der Waals surface area (Å²) in [4.78, 5) is 12.2. The predicted molar refractivity (Wildman–Crippen MR) is 61.8 cm³/mol. The summed E-state index contributed by atoms with van der Waals surface area (Å²) in [5.41, 5.74) is -1.14. The third-order valence-electron chi connectivity index (χ3n) is 3.67. The van der Waals surface area contributed by atoms with E-state index in [0.717, 1.165) is 0 Å². The summed E-state index contributed by atoms with van der Waals surface area (Å²) >= 11 is 0. The molecule has 3 aliphatic heterocycles. The minimum Gasteiger partial charge on any atom is -0.464 e. The molecule has 5 nitrogen and oxygen atoms in total. The standard InChI is InChI=1S/C13H18O5/c1-4-15-11(14)13-6-5-8(7-16-13)9-10(13)18-12(2,3)17-9/h5-6,8-10H,4,7H2,1-3H3/t8-,9+,10+,13?/m1/s1. The van der Waals surface area contributed by atoms with Crippen LogP contribution in [-0.4, -0.2) is 42.8 Å². The van der Waals surface area contributed by atoms with Crippen LogP contribution in [0, 0.1) is 5.92 Å². The number of esters is 1. The molecule has 4 atom stereocenters. The second-order valence-electron chi connectivity index (χ2n) is 5.37. The Kier molecular flexibility index (Phi) is 2.56. The zero-order valence-electron chi connectivity index (χ0n) is 10.8. The first-order valence-corrected chi connectivity index (χ1v) is 6.35. The summed E-state index contributed by atoms with van der Waals surface area (Å²) in [5.74, 6) is -0.936. The molecule has 0 N–H and O–H groups in total. The van der Waals surface area contributed by atoms with Gasteiger partial charge in [-0.1, -0.05) is 6.08 Å². The van der Waals surface area contributed by atoms with E-state index in [1.54, 1.807) is 13.0 Å². The third kappa shape index (κ3) is 1.54. The van der Waals surface area contributed by atoms with Crippen molar-refractivity contribution in [2.24, 2.45) is 5.92 Å². The molecule has 2 fully saturated rings. The number of ether oxygens (including phenoxy) is 4. The lowest BCUT2D eigenvalue weighted by Crippen LogP contribution is -2.63. The molecule has 0 amide bonds. The van der Waals surface area contributed by atoms with Gasteiger partial charge in [-0.15, -0.1) is 0 Å². The monoisotopic (exact) mass is 254 g/mol. The molecule has 0 aromatic rings. The molecular weight excluding hydrogens is 236 g/mol. The Balaban J connectivity index is 1.96. The minimum absolute atomic E-state index is 0.136. The van der Waals surface area contributed by atoms with Gasteiger partial charge in [0.15, 0.2) is 5.79 Å².